The van der Waals surface area contributed by atoms with Crippen LogP contribution >= 0.6 is 11.3 Å². The maximum Gasteiger partial charge on any atom is 0.191 e. The molecule has 0 saturated heterocycles. The van der Waals surface area contributed by atoms with E-state index in [1.54, 1.807) is 11.3 Å². The summed E-state index contributed by atoms with van der Waals surface area (Å²) in [7, 11) is 0. The number of hydrogen-bond donors (Lipinski definition) is 3. The lowest BCUT2D eigenvalue weighted by Crippen LogP contribution is -2.38. The van der Waals surface area contributed by atoms with Gasteiger partial charge in [0, 0.05) is 35.1 Å². The minimum absolute atomic E-state index is 0.218. The largest absolute Gasteiger partial charge is 0.361 e. The molecule has 0 aliphatic rings. The molecule has 1 aromatic carbocycles. The van der Waals surface area contributed by atoms with E-state index in [1.165, 1.54) is 22.6 Å². The minimum atomic E-state index is -0.218. The standard InChI is InChI=1S/C18H21FN4S/c1-2-20-18(23-12-15-4-3-9-24-15)21-8-7-13-11-22-17-10-14(19)5-6-16(13)17/h3-6,9-11,22H,2,7-8,12H2,1H3,(H2,20,21,23). The molecule has 0 aliphatic carbocycles. The number of aromatic nitrogens is 1. The van der Waals surface area contributed by atoms with E-state index in [2.05, 4.69) is 39.0 Å². The predicted molar refractivity (Wildman–Crippen MR) is 99.1 cm³/mol. The highest BCUT2D eigenvalue weighted by atomic mass is 32.1. The number of fused-ring (bicyclic) bond motifs is 1. The molecule has 0 amide bonds. The Kier molecular flexibility index (Phi) is 5.48. The summed E-state index contributed by atoms with van der Waals surface area (Å²) >= 11 is 1.71. The Balaban J connectivity index is 1.59. The lowest BCUT2D eigenvalue weighted by Gasteiger charge is -2.10. The van der Waals surface area contributed by atoms with Crippen LogP contribution in [0.3, 0.4) is 0 Å². The third-order valence-corrected chi connectivity index (χ3v) is 4.59. The minimum Gasteiger partial charge on any atom is -0.361 e. The highest BCUT2D eigenvalue weighted by molar-refractivity contribution is 7.09. The van der Waals surface area contributed by atoms with Gasteiger partial charge in [0.2, 0.25) is 0 Å². The molecule has 0 saturated carbocycles. The zero-order valence-electron chi connectivity index (χ0n) is 13.6. The summed E-state index contributed by atoms with van der Waals surface area (Å²) in [6.45, 7) is 4.32. The molecule has 0 unspecified atom stereocenters. The number of guanidine groups is 1. The Hall–Kier alpha value is -2.34. The maximum absolute atomic E-state index is 13.2. The van der Waals surface area contributed by atoms with Gasteiger partial charge >= 0.3 is 0 Å². The third-order valence-electron chi connectivity index (χ3n) is 3.73. The Morgan fingerprint density at radius 2 is 2.21 bits per heavy atom. The molecular formula is C18H21FN4S. The first-order valence-corrected chi connectivity index (χ1v) is 8.94. The van der Waals surface area contributed by atoms with Crippen LogP contribution in [0, 0.1) is 5.82 Å². The molecule has 0 bridgehead atoms. The second kappa shape index (κ2) is 7.97. The average molecular weight is 344 g/mol. The van der Waals surface area contributed by atoms with Crippen LogP contribution in [-0.2, 0) is 13.0 Å². The Labute approximate surface area is 144 Å². The Morgan fingerprint density at radius 3 is 3.00 bits per heavy atom. The summed E-state index contributed by atoms with van der Waals surface area (Å²) < 4.78 is 13.2. The van der Waals surface area contributed by atoms with Gasteiger partial charge in [0.1, 0.15) is 5.82 Å². The van der Waals surface area contributed by atoms with Crippen molar-refractivity contribution in [1.29, 1.82) is 0 Å². The molecule has 3 rings (SSSR count). The predicted octanol–water partition coefficient (Wildman–Crippen LogP) is 3.67. The summed E-state index contributed by atoms with van der Waals surface area (Å²) in [4.78, 5) is 8.96. The first-order valence-electron chi connectivity index (χ1n) is 8.06. The fourth-order valence-electron chi connectivity index (χ4n) is 2.58. The van der Waals surface area contributed by atoms with Crippen molar-refractivity contribution in [1.82, 2.24) is 15.6 Å². The molecule has 0 aliphatic heterocycles. The van der Waals surface area contributed by atoms with Crippen molar-refractivity contribution in [3.05, 3.63) is 58.2 Å². The Bertz CT molecular complexity index is 808. The van der Waals surface area contributed by atoms with E-state index in [1.807, 2.05) is 18.3 Å². The number of aliphatic imine (C=N–C) groups is 1. The second-order valence-corrected chi connectivity index (χ2v) is 6.49. The molecule has 24 heavy (non-hydrogen) atoms. The topological polar surface area (TPSA) is 52.2 Å². The van der Waals surface area contributed by atoms with Crippen LogP contribution in [0.2, 0.25) is 0 Å². The monoisotopic (exact) mass is 344 g/mol. The lowest BCUT2D eigenvalue weighted by molar-refractivity contribution is 0.629. The van der Waals surface area contributed by atoms with Crippen molar-refractivity contribution in [2.75, 3.05) is 13.1 Å². The van der Waals surface area contributed by atoms with E-state index in [0.29, 0.717) is 6.54 Å². The van der Waals surface area contributed by atoms with Gasteiger partial charge < -0.3 is 15.6 Å². The van der Waals surface area contributed by atoms with E-state index in [-0.39, 0.29) is 5.82 Å². The highest BCUT2D eigenvalue weighted by Gasteiger charge is 2.05. The zero-order valence-corrected chi connectivity index (χ0v) is 14.4. The first kappa shape index (κ1) is 16.5. The number of H-pyrrole nitrogens is 1. The molecule has 0 fully saturated rings. The van der Waals surface area contributed by atoms with Crippen LogP contribution in [0.15, 0.2) is 46.9 Å². The number of aromatic amines is 1. The van der Waals surface area contributed by atoms with Crippen molar-refractivity contribution in [3.8, 4) is 0 Å². The third kappa shape index (κ3) is 4.14. The molecule has 3 aromatic rings. The number of hydrogen-bond acceptors (Lipinski definition) is 2. The molecule has 126 valence electrons. The number of rotatable bonds is 6. The quantitative estimate of drug-likeness (QED) is 0.472. The van der Waals surface area contributed by atoms with Gasteiger partial charge in [0.25, 0.3) is 0 Å². The van der Waals surface area contributed by atoms with Crippen LogP contribution in [0.4, 0.5) is 4.39 Å². The van der Waals surface area contributed by atoms with Gasteiger partial charge in [-0.3, -0.25) is 0 Å². The number of halogens is 1. The van der Waals surface area contributed by atoms with E-state index in [4.69, 9.17) is 0 Å². The van der Waals surface area contributed by atoms with Gasteiger partial charge in [-0.2, -0.15) is 0 Å². The van der Waals surface area contributed by atoms with Crippen LogP contribution < -0.4 is 10.6 Å². The van der Waals surface area contributed by atoms with Gasteiger partial charge in [-0.15, -0.1) is 11.3 Å². The van der Waals surface area contributed by atoms with Gasteiger partial charge in [-0.05, 0) is 48.6 Å². The van der Waals surface area contributed by atoms with E-state index < -0.39 is 0 Å². The van der Waals surface area contributed by atoms with Crippen molar-refractivity contribution in [2.45, 2.75) is 19.9 Å². The van der Waals surface area contributed by atoms with Crippen LogP contribution in [-0.4, -0.2) is 24.0 Å². The Morgan fingerprint density at radius 1 is 1.29 bits per heavy atom. The first-order chi connectivity index (χ1) is 11.8. The van der Waals surface area contributed by atoms with Crippen molar-refractivity contribution >= 4 is 28.2 Å². The van der Waals surface area contributed by atoms with Gasteiger partial charge in [0.15, 0.2) is 5.96 Å². The SMILES string of the molecule is CCNC(=NCc1cccs1)NCCc1c[nH]c2cc(F)ccc12. The normalized spacial score (nSPS) is 11.8. The maximum atomic E-state index is 13.2. The number of benzene rings is 1. The lowest BCUT2D eigenvalue weighted by atomic mass is 10.1. The molecular weight excluding hydrogens is 323 g/mol. The van der Waals surface area contributed by atoms with Crippen molar-refractivity contribution in [3.63, 3.8) is 0 Å². The van der Waals surface area contributed by atoms with Gasteiger partial charge in [-0.25, -0.2) is 9.38 Å². The van der Waals surface area contributed by atoms with Crippen LogP contribution in [0.5, 0.6) is 0 Å². The molecule has 6 heteroatoms. The smallest absolute Gasteiger partial charge is 0.191 e. The summed E-state index contributed by atoms with van der Waals surface area (Å²) in [5, 5.41) is 9.74. The number of nitrogens with one attached hydrogen (secondary N) is 3. The molecule has 4 nitrogen and oxygen atoms in total. The van der Waals surface area contributed by atoms with E-state index in [0.717, 1.165) is 36.4 Å². The molecule has 2 aromatic heterocycles. The van der Waals surface area contributed by atoms with Crippen LogP contribution in [0.1, 0.15) is 17.4 Å². The fourth-order valence-corrected chi connectivity index (χ4v) is 3.21. The average Bonchev–Trinajstić information content (AvgIpc) is 3.22. The number of thiophene rings is 1. The highest BCUT2D eigenvalue weighted by Crippen LogP contribution is 2.19. The van der Waals surface area contributed by atoms with E-state index >= 15 is 0 Å². The summed E-state index contributed by atoms with van der Waals surface area (Å²) in [5.74, 6) is 0.598. The fraction of sp³-hybridized carbons (Fsp3) is 0.278. The second-order valence-electron chi connectivity index (χ2n) is 5.46. The summed E-state index contributed by atoms with van der Waals surface area (Å²) in [5.41, 5.74) is 2.01. The number of nitrogens with zero attached hydrogens (tertiary/aromatic N) is 1. The van der Waals surface area contributed by atoms with Gasteiger partial charge in [0.05, 0.1) is 6.54 Å². The summed E-state index contributed by atoms with van der Waals surface area (Å²) in [6, 6.07) is 8.98. The molecule has 0 atom stereocenters. The van der Waals surface area contributed by atoms with Crippen molar-refractivity contribution < 1.29 is 4.39 Å². The van der Waals surface area contributed by atoms with Gasteiger partial charge in [-0.1, -0.05) is 6.07 Å². The zero-order chi connectivity index (χ0) is 16.8. The van der Waals surface area contributed by atoms with Crippen LogP contribution in [0.25, 0.3) is 10.9 Å². The molecule has 0 radical (unpaired) electrons. The molecule has 0 spiro atoms. The molecule has 2 heterocycles. The van der Waals surface area contributed by atoms with E-state index in [9.17, 15) is 4.39 Å². The summed E-state index contributed by atoms with van der Waals surface area (Å²) in [6.07, 6.45) is 2.79. The van der Waals surface area contributed by atoms with Crippen molar-refractivity contribution in [2.24, 2.45) is 4.99 Å². The molecule has 3 N–H and O–H groups in total.